The van der Waals surface area contributed by atoms with E-state index in [0.717, 1.165) is 30.9 Å². The Labute approximate surface area is 147 Å². The van der Waals surface area contributed by atoms with Crippen LogP contribution in [0, 0.1) is 0 Å². The van der Waals surface area contributed by atoms with Crippen molar-refractivity contribution in [1.29, 1.82) is 0 Å². The molecule has 2 aromatic rings. The molecule has 0 aliphatic carbocycles. The fraction of sp³-hybridized carbons (Fsp3) is 0.474. The number of aromatic nitrogens is 1. The first-order valence-corrected chi connectivity index (χ1v) is 8.55. The van der Waals surface area contributed by atoms with Crippen LogP contribution in [-0.4, -0.2) is 30.4 Å². The molecule has 1 atom stereocenters. The van der Waals surface area contributed by atoms with E-state index in [2.05, 4.69) is 10.5 Å². The fourth-order valence-corrected chi connectivity index (χ4v) is 2.54. The third-order valence-electron chi connectivity index (χ3n) is 4.09. The van der Waals surface area contributed by atoms with Crippen molar-refractivity contribution >= 4 is 11.8 Å². The molecule has 1 saturated heterocycles. The van der Waals surface area contributed by atoms with E-state index >= 15 is 0 Å². The second-order valence-corrected chi connectivity index (χ2v) is 7.25. The molecule has 0 bridgehead atoms. The average Bonchev–Trinajstić information content (AvgIpc) is 3.24. The molecule has 1 aromatic heterocycles. The molecular weight excluding hydrogens is 320 g/mol. The Morgan fingerprint density at radius 2 is 2.08 bits per heavy atom. The van der Waals surface area contributed by atoms with E-state index in [1.165, 1.54) is 0 Å². The molecule has 0 radical (unpaired) electrons. The molecule has 3 rings (SSSR count). The Hall–Kier alpha value is -2.34. The van der Waals surface area contributed by atoms with E-state index in [1.54, 1.807) is 30.3 Å². The molecule has 1 aliphatic heterocycles. The minimum Gasteiger partial charge on any atom is -0.491 e. The van der Waals surface area contributed by atoms with E-state index in [9.17, 15) is 4.79 Å². The van der Waals surface area contributed by atoms with Gasteiger partial charge in [0.2, 0.25) is 5.88 Å². The number of carbonyl (C=O) groups is 1. The van der Waals surface area contributed by atoms with Gasteiger partial charge in [-0.1, -0.05) is 25.9 Å². The Balaban J connectivity index is 1.56. The minimum absolute atomic E-state index is 0.130. The van der Waals surface area contributed by atoms with Gasteiger partial charge in [0.25, 0.3) is 5.91 Å². The highest BCUT2D eigenvalue weighted by Crippen LogP contribution is 2.24. The largest absolute Gasteiger partial charge is 0.491 e. The first-order valence-electron chi connectivity index (χ1n) is 8.55. The van der Waals surface area contributed by atoms with E-state index in [-0.39, 0.29) is 17.4 Å². The molecule has 25 heavy (non-hydrogen) atoms. The second-order valence-electron chi connectivity index (χ2n) is 7.25. The molecule has 1 aliphatic rings. The van der Waals surface area contributed by atoms with E-state index < -0.39 is 0 Å². The summed E-state index contributed by atoms with van der Waals surface area (Å²) < 4.78 is 16.4. The molecule has 1 amide bonds. The summed E-state index contributed by atoms with van der Waals surface area (Å²) in [4.78, 5) is 12.3. The van der Waals surface area contributed by atoms with Gasteiger partial charge in [0.05, 0.1) is 11.8 Å². The van der Waals surface area contributed by atoms with Crippen molar-refractivity contribution in [3.05, 3.63) is 41.6 Å². The zero-order valence-electron chi connectivity index (χ0n) is 14.9. The molecular formula is C19H24N2O4. The lowest BCUT2D eigenvalue weighted by Gasteiger charge is -2.12. The van der Waals surface area contributed by atoms with Gasteiger partial charge in [0.1, 0.15) is 12.4 Å². The number of nitrogens with one attached hydrogen (secondary N) is 1. The lowest BCUT2D eigenvalue weighted by Crippen LogP contribution is -2.16. The van der Waals surface area contributed by atoms with E-state index in [1.807, 2.05) is 20.8 Å². The van der Waals surface area contributed by atoms with Crippen molar-refractivity contribution in [3.8, 4) is 5.75 Å². The summed E-state index contributed by atoms with van der Waals surface area (Å²) in [5.41, 5.74) is 1.19. The third-order valence-corrected chi connectivity index (χ3v) is 4.09. The van der Waals surface area contributed by atoms with Gasteiger partial charge in [-0.05, 0) is 37.1 Å². The summed E-state index contributed by atoms with van der Waals surface area (Å²) in [5, 5.41) is 6.71. The zero-order valence-corrected chi connectivity index (χ0v) is 14.9. The molecule has 6 nitrogen and oxygen atoms in total. The fourth-order valence-electron chi connectivity index (χ4n) is 2.54. The van der Waals surface area contributed by atoms with Crippen LogP contribution in [-0.2, 0) is 10.2 Å². The van der Waals surface area contributed by atoms with Crippen LogP contribution >= 0.6 is 0 Å². The topological polar surface area (TPSA) is 73.6 Å². The Kier molecular flexibility index (Phi) is 5.08. The maximum atomic E-state index is 12.3. The quantitative estimate of drug-likeness (QED) is 0.893. The van der Waals surface area contributed by atoms with Crippen molar-refractivity contribution in [2.45, 2.75) is 45.1 Å². The predicted molar refractivity (Wildman–Crippen MR) is 94.1 cm³/mol. The van der Waals surface area contributed by atoms with Gasteiger partial charge in [-0.2, -0.15) is 0 Å². The van der Waals surface area contributed by atoms with Crippen LogP contribution in [0.3, 0.4) is 0 Å². The van der Waals surface area contributed by atoms with Crippen LogP contribution in [0.5, 0.6) is 5.75 Å². The van der Waals surface area contributed by atoms with Crippen LogP contribution in [0.15, 0.2) is 34.9 Å². The summed E-state index contributed by atoms with van der Waals surface area (Å²) in [6.45, 7) is 7.45. The molecule has 1 fully saturated rings. The summed E-state index contributed by atoms with van der Waals surface area (Å²) in [7, 11) is 0. The second kappa shape index (κ2) is 7.27. The third kappa shape index (κ3) is 4.60. The maximum Gasteiger partial charge on any atom is 0.258 e. The molecule has 0 spiro atoms. The summed E-state index contributed by atoms with van der Waals surface area (Å²) in [5.74, 6) is 0.817. The number of nitrogens with zero attached hydrogens (tertiary/aromatic N) is 1. The monoisotopic (exact) mass is 344 g/mol. The van der Waals surface area contributed by atoms with Gasteiger partial charge < -0.3 is 14.0 Å². The van der Waals surface area contributed by atoms with Gasteiger partial charge in [0.15, 0.2) is 0 Å². The highest BCUT2D eigenvalue weighted by molar-refractivity contribution is 6.03. The van der Waals surface area contributed by atoms with Crippen molar-refractivity contribution < 1.29 is 18.8 Å². The highest BCUT2D eigenvalue weighted by Gasteiger charge is 2.20. The SMILES string of the molecule is CC(C)(C)c1cc(NC(=O)c2ccc(OC[C@@H]3CCCO3)cc2)on1. The van der Waals surface area contributed by atoms with Crippen molar-refractivity contribution in [1.82, 2.24) is 5.16 Å². The van der Waals surface area contributed by atoms with Gasteiger partial charge in [-0.3, -0.25) is 10.1 Å². The highest BCUT2D eigenvalue weighted by atomic mass is 16.5. The number of hydrogen-bond acceptors (Lipinski definition) is 5. The average molecular weight is 344 g/mol. The zero-order chi connectivity index (χ0) is 17.9. The Morgan fingerprint density at radius 3 is 2.68 bits per heavy atom. The molecule has 1 N–H and O–H groups in total. The van der Waals surface area contributed by atoms with Gasteiger partial charge >= 0.3 is 0 Å². The molecule has 0 unspecified atom stereocenters. The number of carbonyl (C=O) groups excluding carboxylic acids is 1. The van der Waals surface area contributed by atoms with Crippen LogP contribution in [0.4, 0.5) is 5.88 Å². The predicted octanol–water partition coefficient (Wildman–Crippen LogP) is 3.78. The molecule has 134 valence electrons. The van der Waals surface area contributed by atoms with Crippen molar-refractivity contribution in [2.75, 3.05) is 18.5 Å². The smallest absolute Gasteiger partial charge is 0.258 e. The lowest BCUT2D eigenvalue weighted by atomic mass is 9.92. The first-order chi connectivity index (χ1) is 11.9. The number of ether oxygens (including phenoxy) is 2. The lowest BCUT2D eigenvalue weighted by molar-refractivity contribution is 0.0679. The van der Waals surface area contributed by atoms with E-state index in [4.69, 9.17) is 14.0 Å². The van der Waals surface area contributed by atoms with Crippen LogP contribution < -0.4 is 10.1 Å². The number of rotatable bonds is 5. The Bertz CT molecular complexity index is 710. The number of anilines is 1. The van der Waals surface area contributed by atoms with Crippen molar-refractivity contribution in [2.24, 2.45) is 0 Å². The maximum absolute atomic E-state index is 12.3. The minimum atomic E-state index is -0.248. The summed E-state index contributed by atoms with van der Waals surface area (Å²) >= 11 is 0. The van der Waals surface area contributed by atoms with Gasteiger partial charge in [-0.25, -0.2) is 0 Å². The van der Waals surface area contributed by atoms with Crippen LogP contribution in [0.2, 0.25) is 0 Å². The van der Waals surface area contributed by atoms with Gasteiger partial charge in [-0.15, -0.1) is 0 Å². The Morgan fingerprint density at radius 1 is 1.32 bits per heavy atom. The molecule has 2 heterocycles. The molecule has 1 aromatic carbocycles. The summed E-state index contributed by atoms with van der Waals surface area (Å²) in [6, 6.07) is 8.76. The number of amides is 1. The van der Waals surface area contributed by atoms with Gasteiger partial charge in [0, 0.05) is 23.7 Å². The normalized spacial score (nSPS) is 17.5. The molecule has 6 heteroatoms. The standard InChI is InChI=1S/C19H24N2O4/c1-19(2,3)16-11-17(25-21-16)20-18(22)13-6-8-14(9-7-13)24-12-15-5-4-10-23-15/h6-9,11,15H,4-5,10,12H2,1-3H3,(H,20,22)/t15-/m0/s1. The number of benzene rings is 1. The molecule has 0 saturated carbocycles. The first kappa shape index (κ1) is 17.5. The van der Waals surface area contributed by atoms with E-state index in [0.29, 0.717) is 18.1 Å². The van der Waals surface area contributed by atoms with Crippen molar-refractivity contribution in [3.63, 3.8) is 0 Å². The van der Waals surface area contributed by atoms with Crippen LogP contribution in [0.25, 0.3) is 0 Å². The number of hydrogen-bond donors (Lipinski definition) is 1. The summed E-state index contributed by atoms with van der Waals surface area (Å²) in [6.07, 6.45) is 2.30. The van der Waals surface area contributed by atoms with Crippen LogP contribution in [0.1, 0.15) is 49.7 Å².